The fraction of sp³-hybridized carbons (Fsp3) is 0.533. The predicted molar refractivity (Wildman–Crippen MR) is 79.9 cm³/mol. The second kappa shape index (κ2) is 7.39. The van der Waals surface area contributed by atoms with E-state index in [0.717, 1.165) is 38.9 Å². The number of hydrogen-bond acceptors (Lipinski definition) is 2. The lowest BCUT2D eigenvalue weighted by Gasteiger charge is -2.19. The van der Waals surface area contributed by atoms with Crippen LogP contribution in [-0.4, -0.2) is 31.4 Å². The van der Waals surface area contributed by atoms with E-state index in [0.29, 0.717) is 12.3 Å². The molecule has 0 aromatic heterocycles. The second-order valence-corrected chi connectivity index (χ2v) is 5.24. The van der Waals surface area contributed by atoms with E-state index in [1.54, 1.807) is 0 Å². The van der Waals surface area contributed by atoms with Crippen LogP contribution in [0.15, 0.2) is 24.3 Å². The van der Waals surface area contributed by atoms with E-state index in [1.807, 2.05) is 0 Å². The van der Waals surface area contributed by atoms with Gasteiger partial charge < -0.3 is 10.2 Å². The number of para-hydroxylation sites is 1. The van der Waals surface area contributed by atoms with Crippen molar-refractivity contribution in [3.05, 3.63) is 29.8 Å². The maximum atomic E-state index is 11.4. The molecule has 0 saturated heterocycles. The molecule has 0 unspecified atom stereocenters. The van der Waals surface area contributed by atoms with Gasteiger partial charge in [-0.25, -0.2) is 0 Å². The smallest absolute Gasteiger partial charge is 0.220 e. The Labute approximate surface area is 119 Å². The normalized spacial score (nSPS) is 13.4. The summed E-state index contributed by atoms with van der Waals surface area (Å²) in [5.41, 5.74) is 2.80. The van der Waals surface area contributed by atoms with Gasteiger partial charge in [0.1, 0.15) is 0 Å². The number of nitrogens with zero attached hydrogens (tertiary/aromatic N) is 1. The number of hydrogen-bond donors (Lipinski definition) is 1. The van der Waals surface area contributed by atoms with Crippen LogP contribution in [-0.2, 0) is 11.2 Å². The van der Waals surface area contributed by atoms with E-state index in [9.17, 15) is 4.79 Å². The highest BCUT2D eigenvalue weighted by molar-refractivity contribution is 6.17. The highest BCUT2D eigenvalue weighted by Gasteiger charge is 2.17. The molecule has 0 atom stereocenters. The van der Waals surface area contributed by atoms with Gasteiger partial charge >= 0.3 is 0 Å². The van der Waals surface area contributed by atoms with Crippen LogP contribution in [0.5, 0.6) is 0 Å². The van der Waals surface area contributed by atoms with Crippen molar-refractivity contribution in [2.24, 2.45) is 0 Å². The third-order valence-electron chi connectivity index (χ3n) is 3.45. The van der Waals surface area contributed by atoms with Gasteiger partial charge in [0.05, 0.1) is 0 Å². The Balaban J connectivity index is 1.66. The lowest BCUT2D eigenvalue weighted by molar-refractivity contribution is -0.121. The largest absolute Gasteiger partial charge is 0.371 e. The SMILES string of the molecule is O=C(CCCCl)NCCCN1CCc2ccccc21. The molecule has 0 aliphatic carbocycles. The predicted octanol–water partition coefficient (Wildman–Crippen LogP) is 2.57. The zero-order valence-electron chi connectivity index (χ0n) is 11.2. The van der Waals surface area contributed by atoms with Crippen LogP contribution in [0.3, 0.4) is 0 Å². The summed E-state index contributed by atoms with van der Waals surface area (Å²) in [5, 5.41) is 2.94. The zero-order valence-corrected chi connectivity index (χ0v) is 12.0. The van der Waals surface area contributed by atoms with Crippen molar-refractivity contribution in [2.75, 3.05) is 30.4 Å². The van der Waals surface area contributed by atoms with Crippen molar-refractivity contribution in [1.82, 2.24) is 5.32 Å². The molecular formula is C15H21ClN2O. The van der Waals surface area contributed by atoms with Crippen LogP contribution in [0.4, 0.5) is 5.69 Å². The molecule has 4 heteroatoms. The molecule has 0 bridgehead atoms. The van der Waals surface area contributed by atoms with Crippen molar-refractivity contribution in [2.45, 2.75) is 25.7 Å². The highest BCUT2D eigenvalue weighted by Crippen LogP contribution is 2.27. The molecule has 1 amide bonds. The molecule has 3 nitrogen and oxygen atoms in total. The maximum absolute atomic E-state index is 11.4. The summed E-state index contributed by atoms with van der Waals surface area (Å²) in [4.78, 5) is 13.8. The van der Waals surface area contributed by atoms with Crippen molar-refractivity contribution < 1.29 is 4.79 Å². The minimum absolute atomic E-state index is 0.113. The minimum atomic E-state index is 0.113. The van der Waals surface area contributed by atoms with Crippen LogP contribution < -0.4 is 10.2 Å². The number of nitrogens with one attached hydrogen (secondary N) is 1. The quantitative estimate of drug-likeness (QED) is 0.615. The molecule has 2 rings (SSSR count). The zero-order chi connectivity index (χ0) is 13.5. The number of fused-ring (bicyclic) bond motifs is 1. The van der Waals surface area contributed by atoms with Crippen LogP contribution in [0.25, 0.3) is 0 Å². The van der Waals surface area contributed by atoms with E-state index in [2.05, 4.69) is 34.5 Å². The summed E-state index contributed by atoms with van der Waals surface area (Å²) in [5.74, 6) is 0.667. The van der Waals surface area contributed by atoms with Gasteiger partial charge in [-0.15, -0.1) is 11.6 Å². The van der Waals surface area contributed by atoms with Gasteiger partial charge in [0.25, 0.3) is 0 Å². The first kappa shape index (κ1) is 14.2. The van der Waals surface area contributed by atoms with Crippen LogP contribution >= 0.6 is 11.6 Å². The first-order valence-electron chi connectivity index (χ1n) is 6.97. The molecule has 1 aliphatic rings. The van der Waals surface area contributed by atoms with Gasteiger partial charge in [0.2, 0.25) is 5.91 Å². The van der Waals surface area contributed by atoms with E-state index in [4.69, 9.17) is 11.6 Å². The molecular weight excluding hydrogens is 260 g/mol. The topological polar surface area (TPSA) is 32.3 Å². The van der Waals surface area contributed by atoms with E-state index in [-0.39, 0.29) is 5.91 Å². The first-order valence-corrected chi connectivity index (χ1v) is 7.50. The summed E-state index contributed by atoms with van der Waals surface area (Å²) in [6.07, 6.45) is 3.42. The van der Waals surface area contributed by atoms with E-state index < -0.39 is 0 Å². The average Bonchev–Trinajstić information content (AvgIpc) is 2.85. The van der Waals surface area contributed by atoms with E-state index >= 15 is 0 Å². The number of carbonyl (C=O) groups excluding carboxylic acids is 1. The minimum Gasteiger partial charge on any atom is -0.371 e. The Kier molecular flexibility index (Phi) is 5.52. The number of rotatable bonds is 7. The molecule has 1 heterocycles. The van der Waals surface area contributed by atoms with Crippen LogP contribution in [0, 0.1) is 0 Å². The number of anilines is 1. The molecule has 0 fully saturated rings. The summed E-state index contributed by atoms with van der Waals surface area (Å²) < 4.78 is 0. The Bertz CT molecular complexity index is 422. The Morgan fingerprint density at radius 3 is 3.00 bits per heavy atom. The van der Waals surface area contributed by atoms with Crippen LogP contribution in [0.1, 0.15) is 24.8 Å². The highest BCUT2D eigenvalue weighted by atomic mass is 35.5. The van der Waals surface area contributed by atoms with Gasteiger partial charge in [-0.1, -0.05) is 18.2 Å². The second-order valence-electron chi connectivity index (χ2n) is 4.86. The molecule has 1 aliphatic heterocycles. The first-order chi connectivity index (χ1) is 9.31. The monoisotopic (exact) mass is 280 g/mol. The molecule has 19 heavy (non-hydrogen) atoms. The van der Waals surface area contributed by atoms with Gasteiger partial charge in [-0.2, -0.15) is 0 Å². The lowest BCUT2D eigenvalue weighted by atomic mass is 10.2. The molecule has 0 saturated carbocycles. The molecule has 0 radical (unpaired) electrons. The Morgan fingerprint density at radius 2 is 2.16 bits per heavy atom. The molecule has 1 aromatic carbocycles. The number of carbonyl (C=O) groups is 1. The lowest BCUT2D eigenvalue weighted by Crippen LogP contribution is -2.29. The number of amides is 1. The third-order valence-corrected chi connectivity index (χ3v) is 3.72. The summed E-state index contributed by atoms with van der Waals surface area (Å²) in [6.45, 7) is 2.85. The molecule has 0 spiro atoms. The number of benzene rings is 1. The molecule has 104 valence electrons. The number of halogens is 1. The Hall–Kier alpha value is -1.22. The fourth-order valence-corrected chi connectivity index (χ4v) is 2.59. The van der Waals surface area contributed by atoms with Gasteiger partial charge in [0, 0.05) is 37.6 Å². The van der Waals surface area contributed by atoms with Crippen molar-refractivity contribution in [1.29, 1.82) is 0 Å². The fourth-order valence-electron chi connectivity index (χ4n) is 2.45. The molecule has 1 aromatic rings. The van der Waals surface area contributed by atoms with Crippen LogP contribution in [0.2, 0.25) is 0 Å². The van der Waals surface area contributed by atoms with Gasteiger partial charge in [-0.05, 0) is 30.9 Å². The standard InChI is InChI=1S/C15H21ClN2O/c16-9-3-7-15(19)17-10-4-11-18-12-8-13-5-1-2-6-14(13)18/h1-2,5-6H,3-4,7-12H2,(H,17,19). The van der Waals surface area contributed by atoms with Crippen molar-refractivity contribution in [3.8, 4) is 0 Å². The third kappa shape index (κ3) is 4.13. The maximum Gasteiger partial charge on any atom is 0.220 e. The Morgan fingerprint density at radius 1 is 1.32 bits per heavy atom. The van der Waals surface area contributed by atoms with Gasteiger partial charge in [0.15, 0.2) is 0 Å². The molecule has 1 N–H and O–H groups in total. The summed E-state index contributed by atoms with van der Waals surface area (Å²) in [7, 11) is 0. The summed E-state index contributed by atoms with van der Waals surface area (Å²) in [6, 6.07) is 8.56. The van der Waals surface area contributed by atoms with Gasteiger partial charge in [-0.3, -0.25) is 4.79 Å². The number of alkyl halides is 1. The van der Waals surface area contributed by atoms with E-state index in [1.165, 1.54) is 11.3 Å². The average molecular weight is 281 g/mol. The summed E-state index contributed by atoms with van der Waals surface area (Å²) >= 11 is 5.55. The van der Waals surface area contributed by atoms with Crippen molar-refractivity contribution in [3.63, 3.8) is 0 Å². The van der Waals surface area contributed by atoms with Crippen molar-refractivity contribution >= 4 is 23.2 Å².